The van der Waals surface area contributed by atoms with Crippen molar-refractivity contribution < 1.29 is 18.1 Å². The Morgan fingerprint density at radius 2 is 2.00 bits per heavy atom. The van der Waals surface area contributed by atoms with Gasteiger partial charge in [0.25, 0.3) is 10.1 Å². The molecule has 0 spiro atoms. The van der Waals surface area contributed by atoms with Gasteiger partial charge >= 0.3 is 0 Å². The third-order valence-corrected chi connectivity index (χ3v) is 2.92. The van der Waals surface area contributed by atoms with Gasteiger partial charge in [-0.3, -0.25) is 4.55 Å². The summed E-state index contributed by atoms with van der Waals surface area (Å²) in [4.78, 5) is -0.104. The molecule has 1 aromatic carbocycles. The molecule has 1 N–H and O–H groups in total. The Labute approximate surface area is 82.9 Å². The second kappa shape index (κ2) is 4.08. The molecule has 1 aromatic rings. The molecule has 0 saturated heterocycles. The maximum absolute atomic E-state index is 10.8. The van der Waals surface area contributed by atoms with Gasteiger partial charge in [-0.15, -0.1) is 0 Å². The van der Waals surface area contributed by atoms with Crippen LogP contribution in [0.4, 0.5) is 0 Å². The standard InChI is InChI=1S/C9H11O4S/c1-7-6-8(4-5-10)2-3-9(7)14(11,12)13/h2-3,6H,4-5H2,1H3,(H,11,12,13). The van der Waals surface area contributed by atoms with E-state index in [0.29, 0.717) is 12.0 Å². The van der Waals surface area contributed by atoms with Crippen LogP contribution in [0.2, 0.25) is 0 Å². The van der Waals surface area contributed by atoms with E-state index in [4.69, 9.17) is 4.55 Å². The van der Waals surface area contributed by atoms with Gasteiger partial charge in [-0.05, 0) is 30.5 Å². The Hall–Kier alpha value is -0.910. The summed E-state index contributed by atoms with van der Waals surface area (Å²) in [5.41, 5.74) is 1.24. The molecule has 0 bridgehead atoms. The van der Waals surface area contributed by atoms with E-state index < -0.39 is 10.1 Å². The van der Waals surface area contributed by atoms with Crippen molar-refractivity contribution in [3.63, 3.8) is 0 Å². The number of aryl methyl sites for hydroxylation is 1. The zero-order chi connectivity index (χ0) is 10.8. The number of hydrogen-bond acceptors (Lipinski definition) is 2. The van der Waals surface area contributed by atoms with Gasteiger partial charge < -0.3 is 0 Å². The van der Waals surface area contributed by atoms with E-state index in [2.05, 4.69) is 0 Å². The monoisotopic (exact) mass is 215 g/mol. The van der Waals surface area contributed by atoms with Gasteiger partial charge in [0.2, 0.25) is 0 Å². The summed E-state index contributed by atoms with van der Waals surface area (Å²) in [6, 6.07) is 4.45. The maximum atomic E-state index is 10.8. The van der Waals surface area contributed by atoms with Crippen LogP contribution in [0.15, 0.2) is 23.1 Å². The molecule has 0 aliphatic heterocycles. The van der Waals surface area contributed by atoms with Crippen LogP contribution < -0.4 is 0 Å². The Morgan fingerprint density at radius 1 is 1.36 bits per heavy atom. The highest BCUT2D eigenvalue weighted by atomic mass is 32.2. The Bertz CT molecular complexity index is 422. The SMILES string of the molecule is Cc1cc(CC[O])ccc1S(=O)(=O)O. The van der Waals surface area contributed by atoms with Crippen molar-refractivity contribution in [3.05, 3.63) is 29.3 Å². The molecule has 0 amide bonds. The fourth-order valence-electron chi connectivity index (χ4n) is 1.27. The van der Waals surface area contributed by atoms with E-state index in [1.165, 1.54) is 12.1 Å². The minimum absolute atomic E-state index is 0.104. The van der Waals surface area contributed by atoms with Crippen LogP contribution in [0.3, 0.4) is 0 Å². The second-order valence-corrected chi connectivity index (χ2v) is 4.42. The first-order valence-corrected chi connectivity index (χ1v) is 5.54. The van der Waals surface area contributed by atoms with Gasteiger partial charge in [0, 0.05) is 0 Å². The van der Waals surface area contributed by atoms with Crippen molar-refractivity contribution in [2.24, 2.45) is 0 Å². The summed E-state index contributed by atoms with van der Waals surface area (Å²) in [5, 5.41) is 10.3. The summed E-state index contributed by atoms with van der Waals surface area (Å²) in [5.74, 6) is 0. The molecule has 0 atom stereocenters. The fourth-order valence-corrected chi connectivity index (χ4v) is 1.98. The highest BCUT2D eigenvalue weighted by Gasteiger charge is 2.12. The van der Waals surface area contributed by atoms with Gasteiger partial charge in [-0.2, -0.15) is 8.42 Å². The van der Waals surface area contributed by atoms with Crippen molar-refractivity contribution in [1.82, 2.24) is 0 Å². The van der Waals surface area contributed by atoms with Crippen LogP contribution in [0.25, 0.3) is 0 Å². The van der Waals surface area contributed by atoms with Crippen molar-refractivity contribution in [1.29, 1.82) is 0 Å². The average Bonchev–Trinajstić information content (AvgIpc) is 2.02. The molecular formula is C9H11O4S. The molecule has 4 nitrogen and oxygen atoms in total. The minimum atomic E-state index is -4.14. The first-order valence-electron chi connectivity index (χ1n) is 4.10. The van der Waals surface area contributed by atoms with Crippen molar-refractivity contribution in [3.8, 4) is 0 Å². The van der Waals surface area contributed by atoms with Crippen LogP contribution in [-0.2, 0) is 21.6 Å². The van der Waals surface area contributed by atoms with Crippen molar-refractivity contribution in [2.75, 3.05) is 6.61 Å². The molecule has 1 rings (SSSR count). The lowest BCUT2D eigenvalue weighted by Crippen LogP contribution is -2.02. The summed E-state index contributed by atoms with van der Waals surface area (Å²) in [6.45, 7) is 1.35. The number of benzene rings is 1. The van der Waals surface area contributed by atoms with Gasteiger partial charge in [0.15, 0.2) is 0 Å². The molecule has 0 aromatic heterocycles. The molecule has 1 radical (unpaired) electrons. The highest BCUT2D eigenvalue weighted by Crippen LogP contribution is 2.16. The van der Waals surface area contributed by atoms with Gasteiger partial charge in [0.1, 0.15) is 0 Å². The second-order valence-electron chi connectivity index (χ2n) is 3.03. The smallest absolute Gasteiger partial charge is 0.282 e. The molecule has 14 heavy (non-hydrogen) atoms. The Morgan fingerprint density at radius 3 is 2.43 bits per heavy atom. The molecule has 0 unspecified atom stereocenters. The van der Waals surface area contributed by atoms with Gasteiger partial charge in [0.05, 0.1) is 11.5 Å². The lowest BCUT2D eigenvalue weighted by atomic mass is 10.1. The zero-order valence-electron chi connectivity index (χ0n) is 7.73. The quantitative estimate of drug-likeness (QED) is 0.770. The Kier molecular flexibility index (Phi) is 3.25. The van der Waals surface area contributed by atoms with Crippen LogP contribution in [0.5, 0.6) is 0 Å². The molecule has 0 aliphatic carbocycles. The van der Waals surface area contributed by atoms with Gasteiger partial charge in [-0.25, -0.2) is 5.11 Å². The first-order chi connectivity index (χ1) is 6.45. The summed E-state index contributed by atoms with van der Waals surface area (Å²) in [6.07, 6.45) is 0.368. The summed E-state index contributed by atoms with van der Waals surface area (Å²) >= 11 is 0. The van der Waals surface area contributed by atoms with Crippen LogP contribution in [0.1, 0.15) is 11.1 Å². The molecular weight excluding hydrogens is 204 g/mol. The zero-order valence-corrected chi connectivity index (χ0v) is 8.54. The predicted molar refractivity (Wildman–Crippen MR) is 50.3 cm³/mol. The molecule has 0 heterocycles. The van der Waals surface area contributed by atoms with E-state index in [1.807, 2.05) is 0 Å². The lowest BCUT2D eigenvalue weighted by Gasteiger charge is -2.04. The lowest BCUT2D eigenvalue weighted by molar-refractivity contribution is 0.197. The molecule has 77 valence electrons. The van der Waals surface area contributed by atoms with Crippen LogP contribution in [0, 0.1) is 6.92 Å². The number of hydrogen-bond donors (Lipinski definition) is 1. The van der Waals surface area contributed by atoms with Crippen LogP contribution in [-0.4, -0.2) is 19.6 Å². The fraction of sp³-hybridized carbons (Fsp3) is 0.333. The Balaban J connectivity index is 3.15. The predicted octanol–water partition coefficient (Wildman–Crippen LogP) is 1.21. The minimum Gasteiger partial charge on any atom is -0.282 e. The molecule has 5 heteroatoms. The molecule has 0 fully saturated rings. The van der Waals surface area contributed by atoms with E-state index >= 15 is 0 Å². The van der Waals surface area contributed by atoms with Gasteiger partial charge in [-0.1, -0.05) is 12.1 Å². The van der Waals surface area contributed by atoms with E-state index in [-0.39, 0.29) is 11.5 Å². The largest absolute Gasteiger partial charge is 0.294 e. The van der Waals surface area contributed by atoms with Crippen molar-refractivity contribution >= 4 is 10.1 Å². The van der Waals surface area contributed by atoms with Crippen LogP contribution >= 0.6 is 0 Å². The summed E-state index contributed by atoms with van der Waals surface area (Å²) < 4.78 is 30.4. The average molecular weight is 215 g/mol. The maximum Gasteiger partial charge on any atom is 0.294 e. The van der Waals surface area contributed by atoms with Crippen molar-refractivity contribution in [2.45, 2.75) is 18.2 Å². The summed E-state index contributed by atoms with van der Waals surface area (Å²) in [7, 11) is -4.14. The molecule has 0 aliphatic rings. The third-order valence-electron chi connectivity index (χ3n) is 1.91. The van der Waals surface area contributed by atoms with E-state index in [9.17, 15) is 13.5 Å². The third kappa shape index (κ3) is 2.54. The topological polar surface area (TPSA) is 74.3 Å². The molecule has 0 saturated carbocycles. The normalized spacial score (nSPS) is 11.6. The van der Waals surface area contributed by atoms with E-state index in [1.54, 1.807) is 13.0 Å². The van der Waals surface area contributed by atoms with E-state index in [0.717, 1.165) is 5.56 Å². The highest BCUT2D eigenvalue weighted by molar-refractivity contribution is 7.85. The first kappa shape index (κ1) is 11.2. The number of rotatable bonds is 3.